The van der Waals surface area contributed by atoms with E-state index < -0.39 is 9.84 Å². The van der Waals surface area contributed by atoms with Gasteiger partial charge < -0.3 is 10.4 Å². The van der Waals surface area contributed by atoms with Crippen molar-refractivity contribution in [3.63, 3.8) is 0 Å². The maximum absolute atomic E-state index is 11.6. The van der Waals surface area contributed by atoms with E-state index >= 15 is 0 Å². The van der Waals surface area contributed by atoms with Crippen molar-refractivity contribution in [2.75, 3.05) is 12.8 Å². The zero-order chi connectivity index (χ0) is 14.5. The van der Waals surface area contributed by atoms with Crippen LogP contribution in [0.2, 0.25) is 0 Å². The Morgan fingerprint density at radius 3 is 2.42 bits per heavy atom. The molecule has 0 bridgehead atoms. The van der Waals surface area contributed by atoms with Crippen LogP contribution in [0.1, 0.15) is 52.4 Å². The minimum Gasteiger partial charge on any atom is -0.392 e. The van der Waals surface area contributed by atoms with E-state index in [2.05, 4.69) is 19.2 Å². The lowest BCUT2D eigenvalue weighted by Gasteiger charge is -2.30. The Balaban J connectivity index is 2.41. The molecule has 0 aromatic heterocycles. The fraction of sp³-hybridized carbons (Fsp3) is 1.00. The van der Waals surface area contributed by atoms with Gasteiger partial charge in [0.15, 0.2) is 0 Å². The Labute approximate surface area is 117 Å². The van der Waals surface area contributed by atoms with Crippen molar-refractivity contribution in [2.45, 2.75) is 69.8 Å². The summed E-state index contributed by atoms with van der Waals surface area (Å²) in [4.78, 5) is 0. The summed E-state index contributed by atoms with van der Waals surface area (Å²) in [5, 5.41) is 13.2. The van der Waals surface area contributed by atoms with Crippen LogP contribution in [-0.4, -0.2) is 43.7 Å². The van der Waals surface area contributed by atoms with Crippen LogP contribution in [0.25, 0.3) is 0 Å². The van der Waals surface area contributed by atoms with Gasteiger partial charge in [-0.2, -0.15) is 0 Å². The smallest absolute Gasteiger partial charge is 0.150 e. The summed E-state index contributed by atoms with van der Waals surface area (Å²) in [6, 6.07) is 0.234. The zero-order valence-electron chi connectivity index (χ0n) is 12.4. The summed E-state index contributed by atoms with van der Waals surface area (Å²) in [5.41, 5.74) is 0. The van der Waals surface area contributed by atoms with Crippen LogP contribution >= 0.6 is 0 Å². The lowest BCUT2D eigenvalue weighted by atomic mass is 9.93. The van der Waals surface area contributed by atoms with E-state index in [4.69, 9.17) is 0 Å². The van der Waals surface area contributed by atoms with Crippen molar-refractivity contribution in [3.05, 3.63) is 0 Å². The second-order valence-corrected chi connectivity index (χ2v) is 8.19. The third-order valence-electron chi connectivity index (χ3n) is 4.44. The number of rotatable bonds is 7. The van der Waals surface area contributed by atoms with Crippen LogP contribution in [0.3, 0.4) is 0 Å². The number of aliphatic hydroxyl groups excluding tert-OH is 1. The molecule has 1 aliphatic carbocycles. The van der Waals surface area contributed by atoms with Crippen LogP contribution < -0.4 is 5.32 Å². The molecule has 0 heterocycles. The quantitative estimate of drug-likeness (QED) is 0.749. The van der Waals surface area contributed by atoms with Crippen molar-refractivity contribution in [3.8, 4) is 0 Å². The largest absolute Gasteiger partial charge is 0.392 e. The molecule has 0 amide bonds. The Hall–Kier alpha value is -0.130. The first kappa shape index (κ1) is 16.9. The third-order valence-corrected chi connectivity index (χ3v) is 6.08. The summed E-state index contributed by atoms with van der Waals surface area (Å²) in [5.74, 6) is 0.335. The molecule has 0 aliphatic heterocycles. The molecule has 1 aliphatic rings. The molecule has 0 aromatic rings. The molecular formula is C14H29NO3S. The second kappa shape index (κ2) is 7.60. The highest BCUT2D eigenvalue weighted by molar-refractivity contribution is 7.91. The van der Waals surface area contributed by atoms with Gasteiger partial charge in [0.2, 0.25) is 0 Å². The standard InChI is InChI=1S/C14H29NO3S/c1-4-11(5-2)14(16)10-15-12-7-6-8-13(9-12)19(3,17)18/h11-16H,4-10H2,1-3H3. The minimum atomic E-state index is -2.93. The number of hydrogen-bond donors (Lipinski definition) is 2. The van der Waals surface area contributed by atoms with E-state index in [1.54, 1.807) is 0 Å². The van der Waals surface area contributed by atoms with Crippen molar-refractivity contribution in [2.24, 2.45) is 5.92 Å². The first-order valence-electron chi connectivity index (χ1n) is 7.48. The molecule has 1 rings (SSSR count). The summed E-state index contributed by atoms with van der Waals surface area (Å²) in [6.45, 7) is 4.77. The van der Waals surface area contributed by atoms with E-state index in [-0.39, 0.29) is 17.4 Å². The second-order valence-electron chi connectivity index (χ2n) is 5.87. The van der Waals surface area contributed by atoms with Gasteiger partial charge in [-0.15, -0.1) is 0 Å². The monoisotopic (exact) mass is 291 g/mol. The molecule has 3 unspecified atom stereocenters. The first-order valence-corrected chi connectivity index (χ1v) is 9.44. The molecule has 2 N–H and O–H groups in total. The van der Waals surface area contributed by atoms with Gasteiger partial charge in [-0.3, -0.25) is 0 Å². The van der Waals surface area contributed by atoms with Crippen molar-refractivity contribution in [1.82, 2.24) is 5.32 Å². The van der Waals surface area contributed by atoms with Crippen LogP contribution in [0.5, 0.6) is 0 Å². The Morgan fingerprint density at radius 1 is 1.26 bits per heavy atom. The topological polar surface area (TPSA) is 66.4 Å². The number of sulfone groups is 1. The molecule has 19 heavy (non-hydrogen) atoms. The Bertz CT molecular complexity index is 352. The van der Waals surface area contributed by atoms with Crippen LogP contribution in [-0.2, 0) is 9.84 Å². The maximum Gasteiger partial charge on any atom is 0.150 e. The van der Waals surface area contributed by atoms with E-state index in [1.165, 1.54) is 6.26 Å². The molecule has 5 heteroatoms. The molecule has 4 nitrogen and oxygen atoms in total. The van der Waals surface area contributed by atoms with Crippen LogP contribution in [0.15, 0.2) is 0 Å². The molecule has 0 spiro atoms. The number of hydrogen-bond acceptors (Lipinski definition) is 4. The van der Waals surface area contributed by atoms with Gasteiger partial charge in [0, 0.05) is 18.8 Å². The number of aliphatic hydroxyl groups is 1. The lowest BCUT2D eigenvalue weighted by molar-refractivity contribution is 0.0965. The summed E-state index contributed by atoms with van der Waals surface area (Å²) in [6.07, 6.45) is 6.41. The van der Waals surface area contributed by atoms with Gasteiger partial charge in [0.05, 0.1) is 11.4 Å². The van der Waals surface area contributed by atoms with Crippen molar-refractivity contribution >= 4 is 9.84 Å². The number of nitrogens with one attached hydrogen (secondary N) is 1. The molecule has 1 fully saturated rings. The third kappa shape index (κ3) is 5.40. The summed E-state index contributed by atoms with van der Waals surface area (Å²) < 4.78 is 23.2. The van der Waals surface area contributed by atoms with Crippen molar-refractivity contribution in [1.29, 1.82) is 0 Å². The van der Waals surface area contributed by atoms with E-state index in [0.717, 1.165) is 32.1 Å². The average Bonchev–Trinajstić information content (AvgIpc) is 2.37. The predicted octanol–water partition coefficient (Wildman–Crippen LogP) is 1.73. The predicted molar refractivity (Wildman–Crippen MR) is 79.0 cm³/mol. The average molecular weight is 291 g/mol. The fourth-order valence-electron chi connectivity index (χ4n) is 3.01. The zero-order valence-corrected chi connectivity index (χ0v) is 13.2. The molecular weight excluding hydrogens is 262 g/mol. The van der Waals surface area contributed by atoms with E-state index in [1.807, 2.05) is 0 Å². The molecule has 114 valence electrons. The minimum absolute atomic E-state index is 0.205. The molecule has 0 saturated heterocycles. The summed E-state index contributed by atoms with van der Waals surface area (Å²) >= 11 is 0. The van der Waals surface area contributed by atoms with Gasteiger partial charge >= 0.3 is 0 Å². The van der Waals surface area contributed by atoms with Gasteiger partial charge in [0.1, 0.15) is 9.84 Å². The molecule has 0 aromatic carbocycles. The highest BCUT2D eigenvalue weighted by atomic mass is 32.2. The van der Waals surface area contributed by atoms with E-state index in [0.29, 0.717) is 18.9 Å². The van der Waals surface area contributed by atoms with E-state index in [9.17, 15) is 13.5 Å². The Morgan fingerprint density at radius 2 is 1.89 bits per heavy atom. The van der Waals surface area contributed by atoms with Gasteiger partial charge in [0.25, 0.3) is 0 Å². The first-order chi connectivity index (χ1) is 8.88. The van der Waals surface area contributed by atoms with Crippen LogP contribution in [0.4, 0.5) is 0 Å². The highest BCUT2D eigenvalue weighted by Crippen LogP contribution is 2.24. The SMILES string of the molecule is CCC(CC)C(O)CNC1CCCC(S(C)(=O)=O)C1. The molecule has 0 radical (unpaired) electrons. The summed E-state index contributed by atoms with van der Waals surface area (Å²) in [7, 11) is -2.93. The lowest BCUT2D eigenvalue weighted by Crippen LogP contribution is -2.43. The van der Waals surface area contributed by atoms with Crippen molar-refractivity contribution < 1.29 is 13.5 Å². The van der Waals surface area contributed by atoms with Gasteiger partial charge in [-0.1, -0.05) is 33.1 Å². The highest BCUT2D eigenvalue weighted by Gasteiger charge is 2.29. The van der Waals surface area contributed by atoms with Crippen LogP contribution in [0, 0.1) is 5.92 Å². The van der Waals surface area contributed by atoms with Gasteiger partial charge in [-0.05, 0) is 25.2 Å². The maximum atomic E-state index is 11.6. The molecule has 3 atom stereocenters. The Kier molecular flexibility index (Phi) is 6.77. The fourth-order valence-corrected chi connectivity index (χ4v) is 4.18. The normalized spacial score (nSPS) is 26.6. The van der Waals surface area contributed by atoms with Gasteiger partial charge in [-0.25, -0.2) is 8.42 Å². The molecule has 1 saturated carbocycles.